The van der Waals surface area contributed by atoms with Crippen LogP contribution in [0.2, 0.25) is 0 Å². The lowest BCUT2D eigenvalue weighted by Gasteiger charge is -2.28. The number of allylic oxidation sites excluding steroid dienone is 1. The lowest BCUT2D eigenvalue weighted by Crippen LogP contribution is -2.49. The number of nitrogens with one attached hydrogen (secondary N) is 3. The van der Waals surface area contributed by atoms with E-state index >= 15 is 0 Å². The van der Waals surface area contributed by atoms with Gasteiger partial charge in [-0.05, 0) is 75.4 Å². The number of hydrogen-bond donors (Lipinski definition) is 3. The number of furan rings is 1. The zero-order chi connectivity index (χ0) is 31.2. The van der Waals surface area contributed by atoms with Crippen molar-refractivity contribution in [1.29, 1.82) is 5.26 Å². The summed E-state index contributed by atoms with van der Waals surface area (Å²) in [4.78, 5) is 56.1. The van der Waals surface area contributed by atoms with Gasteiger partial charge in [0.2, 0.25) is 17.6 Å². The molecule has 228 valence electrons. The predicted octanol–water partition coefficient (Wildman–Crippen LogP) is 3.72. The highest BCUT2D eigenvalue weighted by molar-refractivity contribution is 6.13. The van der Waals surface area contributed by atoms with Crippen LogP contribution in [-0.4, -0.2) is 72.6 Å². The van der Waals surface area contributed by atoms with Crippen LogP contribution in [0.15, 0.2) is 64.3 Å². The van der Waals surface area contributed by atoms with Crippen molar-refractivity contribution in [3.8, 4) is 6.07 Å². The van der Waals surface area contributed by atoms with Gasteiger partial charge in [0, 0.05) is 48.9 Å². The number of nitrogens with zero attached hydrogens (tertiary/aromatic N) is 3. The highest BCUT2D eigenvalue weighted by atomic mass is 16.3. The molecule has 2 saturated heterocycles. The normalized spacial score (nSPS) is 17.5. The highest BCUT2D eigenvalue weighted by Gasteiger charge is 2.32. The molecule has 1 aromatic heterocycles. The molecule has 2 aliphatic rings. The minimum absolute atomic E-state index is 0.00365. The minimum Gasteiger partial charge on any atom is -0.461 e. The number of Topliss-reactive ketones (excluding diaryl/α,β-unsaturated/α-hetero) is 1. The Morgan fingerprint density at radius 3 is 2.50 bits per heavy atom. The molecular formula is C33H36N6O5. The first-order valence-electron chi connectivity index (χ1n) is 14.9. The molecular weight excluding hydrogens is 560 g/mol. The summed E-state index contributed by atoms with van der Waals surface area (Å²) < 4.78 is 5.69. The number of anilines is 1. The van der Waals surface area contributed by atoms with Crippen LogP contribution in [0.4, 0.5) is 5.69 Å². The molecule has 3 heterocycles. The highest BCUT2D eigenvalue weighted by Crippen LogP contribution is 2.25. The summed E-state index contributed by atoms with van der Waals surface area (Å²) in [7, 11) is 1.49. The molecule has 0 radical (unpaired) electrons. The molecule has 0 saturated carbocycles. The van der Waals surface area contributed by atoms with E-state index in [1.807, 2.05) is 25.1 Å². The molecule has 2 aliphatic heterocycles. The number of carbonyl (C=O) groups excluding carboxylic acids is 4. The minimum atomic E-state index is -0.778. The van der Waals surface area contributed by atoms with E-state index in [1.165, 1.54) is 19.2 Å². The second-order valence-corrected chi connectivity index (χ2v) is 11.1. The van der Waals surface area contributed by atoms with Gasteiger partial charge < -0.3 is 30.2 Å². The van der Waals surface area contributed by atoms with E-state index in [0.29, 0.717) is 37.3 Å². The first-order valence-corrected chi connectivity index (χ1v) is 14.9. The predicted molar refractivity (Wildman–Crippen MR) is 165 cm³/mol. The zero-order valence-electron chi connectivity index (χ0n) is 24.9. The van der Waals surface area contributed by atoms with Crippen molar-refractivity contribution in [2.45, 2.75) is 45.1 Å². The summed E-state index contributed by atoms with van der Waals surface area (Å²) >= 11 is 0. The number of fused-ring (bicyclic) bond motifs is 1. The molecule has 2 aromatic carbocycles. The first kappa shape index (κ1) is 30.4. The molecule has 5 rings (SSSR count). The molecule has 3 aromatic rings. The molecule has 11 heteroatoms. The molecule has 0 bridgehead atoms. The van der Waals surface area contributed by atoms with Gasteiger partial charge in [-0.25, -0.2) is 0 Å². The summed E-state index contributed by atoms with van der Waals surface area (Å²) in [6.07, 6.45) is 3.83. The maximum Gasteiger partial charge on any atom is 0.251 e. The van der Waals surface area contributed by atoms with Crippen molar-refractivity contribution in [1.82, 2.24) is 20.4 Å². The number of hydrogen-bond acceptors (Lipinski definition) is 8. The van der Waals surface area contributed by atoms with E-state index in [1.54, 1.807) is 34.1 Å². The SMILES string of the molecule is CNC(=O)c1cccc(C(=O)C(C#N)=C(Nc2ccc3oc(C)cc3c2)N[C@H]2CCCCN(CC(=O)N3CCCC3)C2=O)c1. The number of rotatable bonds is 9. The second-order valence-electron chi connectivity index (χ2n) is 11.1. The average molecular weight is 597 g/mol. The van der Waals surface area contributed by atoms with Crippen molar-refractivity contribution >= 4 is 40.2 Å². The third-order valence-corrected chi connectivity index (χ3v) is 8.00. The summed E-state index contributed by atoms with van der Waals surface area (Å²) in [5.74, 6) is -0.513. The summed E-state index contributed by atoms with van der Waals surface area (Å²) in [5, 5.41) is 20.0. The topological polar surface area (TPSA) is 148 Å². The Balaban J connectivity index is 1.49. The third kappa shape index (κ3) is 6.75. The lowest BCUT2D eigenvalue weighted by atomic mass is 10.0. The van der Waals surface area contributed by atoms with Crippen LogP contribution in [0.25, 0.3) is 11.0 Å². The summed E-state index contributed by atoms with van der Waals surface area (Å²) in [6, 6.07) is 14.6. The molecule has 3 amide bonds. The van der Waals surface area contributed by atoms with E-state index < -0.39 is 11.8 Å². The largest absolute Gasteiger partial charge is 0.461 e. The quantitative estimate of drug-likeness (QED) is 0.192. The van der Waals surface area contributed by atoms with E-state index in [2.05, 4.69) is 16.0 Å². The van der Waals surface area contributed by atoms with Gasteiger partial charge in [-0.3, -0.25) is 19.2 Å². The van der Waals surface area contributed by atoms with Gasteiger partial charge in [-0.2, -0.15) is 5.26 Å². The van der Waals surface area contributed by atoms with Crippen molar-refractivity contribution in [3.63, 3.8) is 0 Å². The first-order chi connectivity index (χ1) is 21.3. The fourth-order valence-corrected chi connectivity index (χ4v) is 5.68. The van der Waals surface area contributed by atoms with Gasteiger partial charge in [0.05, 0.1) is 6.54 Å². The van der Waals surface area contributed by atoms with Gasteiger partial charge in [-0.15, -0.1) is 0 Å². The van der Waals surface area contributed by atoms with Crippen molar-refractivity contribution < 1.29 is 23.6 Å². The molecule has 44 heavy (non-hydrogen) atoms. The Bertz CT molecular complexity index is 1660. The smallest absolute Gasteiger partial charge is 0.251 e. The van der Waals surface area contributed by atoms with E-state index in [0.717, 1.165) is 36.8 Å². The van der Waals surface area contributed by atoms with Crippen LogP contribution in [0, 0.1) is 18.3 Å². The van der Waals surface area contributed by atoms with E-state index in [9.17, 15) is 24.4 Å². The van der Waals surface area contributed by atoms with Crippen molar-refractivity contribution in [2.75, 3.05) is 38.5 Å². The van der Waals surface area contributed by atoms with Gasteiger partial charge in [-0.1, -0.05) is 12.1 Å². The maximum absolute atomic E-state index is 13.8. The molecule has 0 spiro atoms. The summed E-state index contributed by atoms with van der Waals surface area (Å²) in [6.45, 7) is 3.70. The molecule has 1 atom stereocenters. The Kier molecular flexibility index (Phi) is 9.29. The average Bonchev–Trinajstić information content (AvgIpc) is 3.67. The number of likely N-dealkylation sites (tertiary alicyclic amines) is 2. The van der Waals surface area contributed by atoms with Gasteiger partial charge >= 0.3 is 0 Å². The standard InChI is InChI=1S/C33H36N6O5/c1-21-16-24-18-25(11-12-28(24)44-21)36-31(26(19-34)30(41)22-8-7-9-23(17-22)32(42)35-2)37-27-10-3-4-15-39(33(27)43)20-29(40)38-13-5-6-14-38/h7-9,11-12,16-18,27,36-37H,3-6,10,13-15,20H2,1-2H3,(H,35,42)/t27-/m0/s1. The monoisotopic (exact) mass is 596 g/mol. The number of amides is 3. The molecule has 3 N–H and O–H groups in total. The molecule has 2 fully saturated rings. The van der Waals surface area contributed by atoms with Crippen LogP contribution < -0.4 is 16.0 Å². The van der Waals surface area contributed by atoms with Crippen LogP contribution in [0.3, 0.4) is 0 Å². The van der Waals surface area contributed by atoms with Gasteiger partial charge in [0.15, 0.2) is 0 Å². The Labute approximate surface area is 255 Å². The maximum atomic E-state index is 13.8. The fourth-order valence-electron chi connectivity index (χ4n) is 5.68. The number of nitriles is 1. The summed E-state index contributed by atoms with van der Waals surface area (Å²) in [5.41, 5.74) is 1.43. The molecule has 0 unspecified atom stereocenters. The number of ketones is 1. The zero-order valence-corrected chi connectivity index (χ0v) is 24.9. The van der Waals surface area contributed by atoms with Crippen LogP contribution in [0.1, 0.15) is 58.6 Å². The van der Waals surface area contributed by atoms with Crippen molar-refractivity contribution in [3.05, 3.63) is 76.8 Å². The van der Waals surface area contributed by atoms with Gasteiger partial charge in [0.25, 0.3) is 5.91 Å². The van der Waals surface area contributed by atoms with E-state index in [4.69, 9.17) is 4.42 Å². The van der Waals surface area contributed by atoms with Gasteiger partial charge in [0.1, 0.15) is 34.8 Å². The number of carbonyl (C=O) groups is 4. The number of aryl methyl sites for hydroxylation is 1. The Hall–Kier alpha value is -5.11. The van der Waals surface area contributed by atoms with E-state index in [-0.39, 0.29) is 46.8 Å². The fraction of sp³-hybridized carbons (Fsp3) is 0.364. The Morgan fingerprint density at radius 1 is 1.00 bits per heavy atom. The molecule has 0 aliphatic carbocycles. The van der Waals surface area contributed by atoms with Crippen LogP contribution >= 0.6 is 0 Å². The van der Waals surface area contributed by atoms with Crippen LogP contribution in [-0.2, 0) is 9.59 Å². The third-order valence-electron chi connectivity index (χ3n) is 8.00. The second kappa shape index (κ2) is 13.5. The number of benzene rings is 2. The molecule has 11 nitrogen and oxygen atoms in total. The van der Waals surface area contributed by atoms with Crippen molar-refractivity contribution in [2.24, 2.45) is 0 Å². The van der Waals surface area contributed by atoms with Crippen LogP contribution in [0.5, 0.6) is 0 Å². The Morgan fingerprint density at radius 2 is 1.75 bits per heavy atom. The lowest BCUT2D eigenvalue weighted by molar-refractivity contribution is -0.140.